The van der Waals surface area contributed by atoms with Crippen LogP contribution in [-0.4, -0.2) is 46.7 Å². The molecule has 1 saturated carbocycles. The second kappa shape index (κ2) is 4.76. The zero-order valence-electron chi connectivity index (χ0n) is 10.7. The number of rotatable bonds is 3. The summed E-state index contributed by atoms with van der Waals surface area (Å²) in [6, 6.07) is -0.123. The molecule has 2 fully saturated rings. The van der Waals surface area contributed by atoms with Gasteiger partial charge in [0.25, 0.3) is 0 Å². The molecular weight excluding hydrogens is 234 g/mol. The number of nitrogens with two attached hydrogens (primary N) is 1. The molecule has 2 rings (SSSR count). The van der Waals surface area contributed by atoms with Crippen LogP contribution in [-0.2, 0) is 4.79 Å². The Morgan fingerprint density at radius 3 is 2.28 bits per heavy atom. The molecule has 1 aliphatic heterocycles. The third-order valence-electron chi connectivity index (χ3n) is 4.03. The summed E-state index contributed by atoms with van der Waals surface area (Å²) in [5.74, 6) is -0.891. The maximum atomic E-state index is 12.1. The van der Waals surface area contributed by atoms with Crippen LogP contribution in [0.1, 0.15) is 32.6 Å². The van der Waals surface area contributed by atoms with Crippen LogP contribution in [0.3, 0.4) is 0 Å². The first-order chi connectivity index (χ1) is 8.43. The monoisotopic (exact) mass is 255 g/mol. The summed E-state index contributed by atoms with van der Waals surface area (Å²) in [6.07, 6.45) is 3.29. The van der Waals surface area contributed by atoms with Crippen LogP contribution in [0, 0.1) is 5.92 Å². The lowest BCUT2D eigenvalue weighted by atomic mass is 9.96. The van der Waals surface area contributed by atoms with E-state index in [-0.39, 0.29) is 18.0 Å². The summed E-state index contributed by atoms with van der Waals surface area (Å²) in [5.41, 5.74) is 4.65. The molecule has 0 spiro atoms. The van der Waals surface area contributed by atoms with Crippen molar-refractivity contribution in [3.63, 3.8) is 0 Å². The maximum absolute atomic E-state index is 12.1. The van der Waals surface area contributed by atoms with Gasteiger partial charge in [-0.1, -0.05) is 0 Å². The van der Waals surface area contributed by atoms with Gasteiger partial charge in [-0.05, 0) is 38.5 Å². The Hall–Kier alpha value is -1.30. The molecule has 0 radical (unpaired) electrons. The number of likely N-dealkylation sites (tertiary alicyclic amines) is 1. The summed E-state index contributed by atoms with van der Waals surface area (Å²) in [6.45, 7) is 2.81. The molecule has 1 aliphatic carbocycles. The third kappa shape index (κ3) is 2.58. The molecule has 1 heterocycles. The van der Waals surface area contributed by atoms with Crippen molar-refractivity contribution >= 4 is 12.0 Å². The number of amides is 2. The lowest BCUT2D eigenvalue weighted by Gasteiger charge is -2.34. The van der Waals surface area contributed by atoms with Crippen LogP contribution < -0.4 is 11.1 Å². The van der Waals surface area contributed by atoms with E-state index in [0.717, 1.165) is 25.7 Å². The van der Waals surface area contributed by atoms with Crippen LogP contribution in [0.25, 0.3) is 0 Å². The Morgan fingerprint density at radius 2 is 1.83 bits per heavy atom. The zero-order chi connectivity index (χ0) is 13.3. The average molecular weight is 255 g/mol. The van der Waals surface area contributed by atoms with Gasteiger partial charge >= 0.3 is 12.0 Å². The molecule has 0 bridgehead atoms. The van der Waals surface area contributed by atoms with Gasteiger partial charge in [0.1, 0.15) is 5.54 Å². The first kappa shape index (κ1) is 13.1. The molecule has 2 amide bonds. The van der Waals surface area contributed by atoms with Gasteiger partial charge < -0.3 is 21.1 Å². The van der Waals surface area contributed by atoms with Crippen molar-refractivity contribution in [1.29, 1.82) is 0 Å². The largest absolute Gasteiger partial charge is 0.480 e. The lowest BCUT2D eigenvalue weighted by molar-refractivity contribution is -0.144. The summed E-state index contributed by atoms with van der Waals surface area (Å²) in [4.78, 5) is 25.0. The quantitative estimate of drug-likeness (QED) is 0.679. The summed E-state index contributed by atoms with van der Waals surface area (Å²) in [5, 5.41) is 12.0. The fraction of sp³-hybridized carbons (Fsp3) is 0.833. The Kier molecular flexibility index (Phi) is 3.47. The number of piperidine rings is 1. The first-order valence-electron chi connectivity index (χ1n) is 6.49. The molecule has 4 N–H and O–H groups in total. The normalized spacial score (nSPS) is 24.4. The molecule has 1 saturated heterocycles. The second-order valence-corrected chi connectivity index (χ2v) is 5.54. The predicted octanol–water partition coefficient (Wildman–Crippen LogP) is 0.372. The molecule has 0 aromatic rings. The minimum Gasteiger partial charge on any atom is -0.480 e. The minimum absolute atomic E-state index is 0.0611. The van der Waals surface area contributed by atoms with Crippen molar-refractivity contribution in [2.45, 2.75) is 44.2 Å². The van der Waals surface area contributed by atoms with E-state index in [1.165, 1.54) is 0 Å². The van der Waals surface area contributed by atoms with Gasteiger partial charge in [0.05, 0.1) is 0 Å². The molecule has 1 atom stereocenters. The van der Waals surface area contributed by atoms with Crippen molar-refractivity contribution < 1.29 is 14.7 Å². The number of nitrogens with zero attached hydrogens (tertiary/aromatic N) is 1. The van der Waals surface area contributed by atoms with Crippen LogP contribution in [0.2, 0.25) is 0 Å². The van der Waals surface area contributed by atoms with Crippen molar-refractivity contribution in [2.75, 3.05) is 13.1 Å². The number of carbonyl (C=O) groups is 2. The van der Waals surface area contributed by atoms with Gasteiger partial charge in [-0.25, -0.2) is 9.59 Å². The van der Waals surface area contributed by atoms with E-state index in [9.17, 15) is 14.7 Å². The van der Waals surface area contributed by atoms with E-state index in [2.05, 4.69) is 5.32 Å². The highest BCUT2D eigenvalue weighted by Gasteiger charge is 2.49. The number of hydrogen-bond acceptors (Lipinski definition) is 3. The number of urea groups is 1. The Labute approximate surface area is 107 Å². The lowest BCUT2D eigenvalue weighted by Crippen LogP contribution is -2.58. The highest BCUT2D eigenvalue weighted by molar-refractivity contribution is 5.86. The van der Waals surface area contributed by atoms with Crippen LogP contribution in [0.4, 0.5) is 4.79 Å². The van der Waals surface area contributed by atoms with E-state index < -0.39 is 11.5 Å². The van der Waals surface area contributed by atoms with Crippen LogP contribution >= 0.6 is 0 Å². The van der Waals surface area contributed by atoms with E-state index in [4.69, 9.17) is 5.73 Å². The van der Waals surface area contributed by atoms with Gasteiger partial charge in [0, 0.05) is 19.1 Å². The number of aliphatic carboxylic acids is 1. The number of carboxylic acid groups (broad SMARTS) is 1. The molecule has 6 nitrogen and oxygen atoms in total. The van der Waals surface area contributed by atoms with Crippen molar-refractivity contribution in [3.05, 3.63) is 0 Å². The summed E-state index contributed by atoms with van der Waals surface area (Å²) in [7, 11) is 0. The van der Waals surface area contributed by atoms with Gasteiger partial charge in [-0.15, -0.1) is 0 Å². The Morgan fingerprint density at radius 1 is 1.28 bits per heavy atom. The minimum atomic E-state index is -1.13. The van der Waals surface area contributed by atoms with E-state index in [1.807, 2.05) is 0 Å². The third-order valence-corrected chi connectivity index (χ3v) is 4.03. The highest BCUT2D eigenvalue weighted by Crippen LogP contribution is 2.39. The van der Waals surface area contributed by atoms with E-state index in [1.54, 1.807) is 11.8 Å². The van der Waals surface area contributed by atoms with E-state index in [0.29, 0.717) is 13.1 Å². The standard InChI is InChI=1S/C12H21N3O3/c1-12(10(16)17,8-2-3-8)14-11(18)15-6-4-9(13)5-7-15/h8-9H,2-7,13H2,1H3,(H,14,18)(H,16,17). The number of carbonyl (C=O) groups excluding carboxylic acids is 1. The fourth-order valence-corrected chi connectivity index (χ4v) is 2.39. The van der Waals surface area contributed by atoms with Gasteiger partial charge in [0.15, 0.2) is 0 Å². The topological polar surface area (TPSA) is 95.7 Å². The molecule has 102 valence electrons. The zero-order valence-corrected chi connectivity index (χ0v) is 10.7. The number of hydrogen-bond donors (Lipinski definition) is 3. The van der Waals surface area contributed by atoms with Crippen molar-refractivity contribution in [1.82, 2.24) is 10.2 Å². The van der Waals surface area contributed by atoms with Gasteiger partial charge in [0.2, 0.25) is 0 Å². The molecule has 6 heteroatoms. The van der Waals surface area contributed by atoms with Crippen molar-refractivity contribution in [2.24, 2.45) is 11.7 Å². The average Bonchev–Trinajstić information content (AvgIpc) is 3.13. The number of carboxylic acids is 1. The molecule has 18 heavy (non-hydrogen) atoms. The molecule has 2 aliphatic rings. The Balaban J connectivity index is 1.95. The van der Waals surface area contributed by atoms with Crippen molar-refractivity contribution in [3.8, 4) is 0 Å². The fourth-order valence-electron chi connectivity index (χ4n) is 2.39. The summed E-state index contributed by atoms with van der Waals surface area (Å²) < 4.78 is 0. The maximum Gasteiger partial charge on any atom is 0.329 e. The van der Waals surface area contributed by atoms with Crippen LogP contribution in [0.5, 0.6) is 0 Å². The van der Waals surface area contributed by atoms with Crippen LogP contribution in [0.15, 0.2) is 0 Å². The van der Waals surface area contributed by atoms with Gasteiger partial charge in [-0.3, -0.25) is 0 Å². The second-order valence-electron chi connectivity index (χ2n) is 5.54. The first-order valence-corrected chi connectivity index (χ1v) is 6.49. The van der Waals surface area contributed by atoms with Gasteiger partial charge in [-0.2, -0.15) is 0 Å². The molecule has 1 unspecified atom stereocenters. The molecule has 0 aromatic heterocycles. The Bertz CT molecular complexity index is 348. The highest BCUT2D eigenvalue weighted by atomic mass is 16.4. The number of nitrogens with one attached hydrogen (secondary N) is 1. The molecule has 0 aromatic carbocycles. The van der Waals surface area contributed by atoms with E-state index >= 15 is 0 Å². The SMILES string of the molecule is CC(NC(=O)N1CCC(N)CC1)(C(=O)O)C1CC1. The predicted molar refractivity (Wildman–Crippen MR) is 66.1 cm³/mol. The smallest absolute Gasteiger partial charge is 0.329 e. The summed E-state index contributed by atoms with van der Waals surface area (Å²) >= 11 is 0. The molecular formula is C12H21N3O3.